The third-order valence-electron chi connectivity index (χ3n) is 2.46. The van der Waals surface area contributed by atoms with E-state index in [2.05, 4.69) is 15.3 Å². The summed E-state index contributed by atoms with van der Waals surface area (Å²) >= 11 is 0. The first kappa shape index (κ1) is 14.8. The Morgan fingerprint density at radius 2 is 2.05 bits per heavy atom. The third-order valence-corrected chi connectivity index (χ3v) is 2.46. The van der Waals surface area contributed by atoms with E-state index >= 15 is 0 Å². The summed E-state index contributed by atoms with van der Waals surface area (Å²) in [6.45, 7) is 4.07. The van der Waals surface area contributed by atoms with Crippen LogP contribution in [0.2, 0.25) is 0 Å². The number of aliphatic carboxylic acids is 1. The molecule has 1 unspecified atom stereocenters. The first-order chi connectivity index (χ1) is 8.90. The summed E-state index contributed by atoms with van der Waals surface area (Å²) in [5, 5.41) is 22.2. The molecule has 0 spiro atoms. The fraction of sp³-hybridized carbons (Fsp3) is 0.545. The molecule has 0 aliphatic heterocycles. The highest BCUT2D eigenvalue weighted by atomic mass is 16.6. The van der Waals surface area contributed by atoms with E-state index in [4.69, 9.17) is 5.11 Å². The van der Waals surface area contributed by atoms with Gasteiger partial charge in [0.15, 0.2) is 0 Å². The molecule has 0 radical (unpaired) electrons. The number of anilines is 1. The molecular formula is C11H16N4O4. The Hall–Kier alpha value is -2.25. The molecule has 0 aromatic carbocycles. The second kappa shape index (κ2) is 6.62. The molecular weight excluding hydrogens is 252 g/mol. The van der Waals surface area contributed by atoms with Gasteiger partial charge in [0.25, 0.3) is 0 Å². The number of rotatable bonds is 7. The molecule has 0 saturated carbocycles. The summed E-state index contributed by atoms with van der Waals surface area (Å²) in [5.41, 5.74) is -0.206. The van der Waals surface area contributed by atoms with Gasteiger partial charge >= 0.3 is 11.7 Å². The quantitative estimate of drug-likeness (QED) is 0.568. The Balaban J connectivity index is 2.59. The maximum absolute atomic E-state index is 11.0. The maximum Gasteiger partial charge on any atom is 0.308 e. The fourth-order valence-electron chi connectivity index (χ4n) is 1.56. The van der Waals surface area contributed by atoms with Crippen LogP contribution in [0, 0.1) is 22.0 Å². The van der Waals surface area contributed by atoms with Gasteiger partial charge in [0.1, 0.15) is 12.4 Å². The van der Waals surface area contributed by atoms with E-state index in [-0.39, 0.29) is 24.1 Å². The molecule has 1 heterocycles. The Labute approximate surface area is 110 Å². The number of carbonyl (C=O) groups is 1. The molecule has 0 bridgehead atoms. The topological polar surface area (TPSA) is 118 Å². The van der Waals surface area contributed by atoms with E-state index in [0.29, 0.717) is 6.42 Å². The summed E-state index contributed by atoms with van der Waals surface area (Å²) in [6.07, 6.45) is 2.69. The minimum atomic E-state index is -0.886. The third kappa shape index (κ3) is 4.86. The molecule has 1 rings (SSSR count). The molecule has 1 aromatic rings. The normalized spacial score (nSPS) is 12.2. The SMILES string of the molecule is CC(C)CC(CNc1ncc([N+](=O)[O-])cn1)C(=O)O. The van der Waals surface area contributed by atoms with Crippen LogP contribution in [0.3, 0.4) is 0 Å². The van der Waals surface area contributed by atoms with Gasteiger partial charge in [0.2, 0.25) is 5.95 Å². The number of carboxylic acids is 1. The van der Waals surface area contributed by atoms with E-state index in [1.165, 1.54) is 0 Å². The van der Waals surface area contributed by atoms with Crippen molar-refractivity contribution in [2.45, 2.75) is 20.3 Å². The monoisotopic (exact) mass is 268 g/mol. The van der Waals surface area contributed by atoms with E-state index in [1.807, 2.05) is 13.8 Å². The lowest BCUT2D eigenvalue weighted by atomic mass is 9.97. The van der Waals surface area contributed by atoms with E-state index < -0.39 is 16.8 Å². The highest BCUT2D eigenvalue weighted by Gasteiger charge is 2.19. The van der Waals surface area contributed by atoms with Crippen molar-refractivity contribution < 1.29 is 14.8 Å². The van der Waals surface area contributed by atoms with Crippen LogP contribution in [-0.2, 0) is 4.79 Å². The molecule has 1 aromatic heterocycles. The molecule has 0 aliphatic carbocycles. The van der Waals surface area contributed by atoms with Crippen LogP contribution in [-0.4, -0.2) is 32.5 Å². The number of aromatic nitrogens is 2. The number of nitro groups is 1. The maximum atomic E-state index is 11.0. The zero-order valence-electron chi connectivity index (χ0n) is 10.7. The molecule has 104 valence electrons. The Kier molecular flexibility index (Phi) is 5.16. The van der Waals surface area contributed by atoms with Crippen LogP contribution in [0.15, 0.2) is 12.4 Å². The lowest BCUT2D eigenvalue weighted by Crippen LogP contribution is -2.25. The largest absolute Gasteiger partial charge is 0.481 e. The van der Waals surface area contributed by atoms with Gasteiger partial charge in [-0.25, -0.2) is 9.97 Å². The van der Waals surface area contributed by atoms with Crippen molar-refractivity contribution in [1.29, 1.82) is 0 Å². The highest BCUT2D eigenvalue weighted by molar-refractivity contribution is 5.70. The Morgan fingerprint density at radius 1 is 1.47 bits per heavy atom. The predicted molar refractivity (Wildman–Crippen MR) is 67.8 cm³/mol. The van der Waals surface area contributed by atoms with Gasteiger partial charge in [-0.05, 0) is 12.3 Å². The van der Waals surface area contributed by atoms with Crippen molar-refractivity contribution in [3.8, 4) is 0 Å². The van der Waals surface area contributed by atoms with Gasteiger partial charge in [0, 0.05) is 6.54 Å². The van der Waals surface area contributed by atoms with E-state index in [1.54, 1.807) is 0 Å². The molecule has 1 atom stereocenters. The van der Waals surface area contributed by atoms with Crippen molar-refractivity contribution in [2.75, 3.05) is 11.9 Å². The van der Waals surface area contributed by atoms with Gasteiger partial charge in [0.05, 0.1) is 10.8 Å². The lowest BCUT2D eigenvalue weighted by Gasteiger charge is -2.15. The molecule has 0 aliphatic rings. The summed E-state index contributed by atoms with van der Waals surface area (Å²) in [5.74, 6) is -0.983. The second-order valence-electron chi connectivity index (χ2n) is 4.57. The summed E-state index contributed by atoms with van der Waals surface area (Å²) in [6, 6.07) is 0. The average molecular weight is 268 g/mol. The van der Waals surface area contributed by atoms with Gasteiger partial charge in [-0.1, -0.05) is 13.8 Å². The zero-order valence-corrected chi connectivity index (χ0v) is 10.7. The highest BCUT2D eigenvalue weighted by Crippen LogP contribution is 2.13. The van der Waals surface area contributed by atoms with Crippen molar-refractivity contribution in [2.24, 2.45) is 11.8 Å². The Morgan fingerprint density at radius 3 is 2.47 bits per heavy atom. The number of carboxylic acid groups (broad SMARTS) is 1. The van der Waals surface area contributed by atoms with Crippen LogP contribution >= 0.6 is 0 Å². The molecule has 19 heavy (non-hydrogen) atoms. The first-order valence-corrected chi connectivity index (χ1v) is 5.83. The number of hydrogen-bond acceptors (Lipinski definition) is 6. The molecule has 8 heteroatoms. The van der Waals surface area contributed by atoms with Gasteiger partial charge in [-0.3, -0.25) is 14.9 Å². The number of nitrogens with zero attached hydrogens (tertiary/aromatic N) is 3. The fourth-order valence-corrected chi connectivity index (χ4v) is 1.56. The van der Waals surface area contributed by atoms with Crippen LogP contribution in [0.4, 0.5) is 11.6 Å². The summed E-state index contributed by atoms with van der Waals surface area (Å²) in [4.78, 5) is 28.4. The van der Waals surface area contributed by atoms with Crippen molar-refractivity contribution >= 4 is 17.6 Å². The van der Waals surface area contributed by atoms with Gasteiger partial charge < -0.3 is 10.4 Å². The molecule has 0 fully saturated rings. The number of nitrogens with one attached hydrogen (secondary N) is 1. The average Bonchev–Trinajstić information content (AvgIpc) is 2.34. The predicted octanol–water partition coefficient (Wildman–Crippen LogP) is 1.54. The molecule has 2 N–H and O–H groups in total. The lowest BCUT2D eigenvalue weighted by molar-refractivity contribution is -0.385. The summed E-state index contributed by atoms with van der Waals surface area (Å²) in [7, 11) is 0. The second-order valence-corrected chi connectivity index (χ2v) is 4.57. The Bertz CT molecular complexity index is 447. The van der Waals surface area contributed by atoms with Crippen LogP contribution in [0.25, 0.3) is 0 Å². The van der Waals surface area contributed by atoms with E-state index in [9.17, 15) is 14.9 Å². The smallest absolute Gasteiger partial charge is 0.308 e. The van der Waals surface area contributed by atoms with E-state index in [0.717, 1.165) is 12.4 Å². The van der Waals surface area contributed by atoms with Crippen molar-refractivity contribution in [1.82, 2.24) is 9.97 Å². The van der Waals surface area contributed by atoms with Crippen LogP contribution < -0.4 is 5.32 Å². The number of hydrogen-bond donors (Lipinski definition) is 2. The first-order valence-electron chi connectivity index (χ1n) is 5.83. The minimum Gasteiger partial charge on any atom is -0.481 e. The zero-order chi connectivity index (χ0) is 14.4. The summed E-state index contributed by atoms with van der Waals surface area (Å²) < 4.78 is 0. The van der Waals surface area contributed by atoms with Crippen LogP contribution in [0.1, 0.15) is 20.3 Å². The molecule has 0 amide bonds. The minimum absolute atomic E-state index is 0.181. The molecule has 0 saturated heterocycles. The van der Waals surface area contributed by atoms with Crippen LogP contribution in [0.5, 0.6) is 0 Å². The van der Waals surface area contributed by atoms with Gasteiger partial charge in [-0.2, -0.15) is 0 Å². The van der Waals surface area contributed by atoms with Gasteiger partial charge in [-0.15, -0.1) is 0 Å². The molecule has 8 nitrogen and oxygen atoms in total. The standard InChI is InChI=1S/C11H16N4O4/c1-7(2)3-8(10(16)17)4-12-11-13-5-9(6-14-11)15(18)19/h5-8H,3-4H2,1-2H3,(H,16,17)(H,12,13,14). The van der Waals surface area contributed by atoms with Crippen molar-refractivity contribution in [3.63, 3.8) is 0 Å². The van der Waals surface area contributed by atoms with Crippen molar-refractivity contribution in [3.05, 3.63) is 22.5 Å².